The molecular formula is C20H25N9O2. The minimum Gasteiger partial charge on any atom is -0.372 e. The molecule has 2 saturated heterocycles. The number of fused-ring (bicyclic) bond motifs is 3. The van der Waals surface area contributed by atoms with Crippen LogP contribution in [0.1, 0.15) is 18.4 Å². The molecule has 3 aromatic heterocycles. The molecule has 5 rings (SSSR count). The third-order valence-corrected chi connectivity index (χ3v) is 5.91. The summed E-state index contributed by atoms with van der Waals surface area (Å²) < 4.78 is 7.66. The zero-order valence-corrected chi connectivity index (χ0v) is 17.8. The van der Waals surface area contributed by atoms with E-state index in [9.17, 15) is 4.79 Å². The first-order valence-electron chi connectivity index (χ1n) is 10.3. The second-order valence-electron chi connectivity index (χ2n) is 8.03. The van der Waals surface area contributed by atoms with E-state index in [0.29, 0.717) is 17.5 Å². The SMILES string of the molecule is Cc1cc2ncnn2cc1Nc1ncc(N(C)C=O)c(N(C)N2CC3CCC(C2)O3)n1. The molecule has 1 N–H and O–H groups in total. The Kier molecular flexibility index (Phi) is 4.91. The molecular weight excluding hydrogens is 398 g/mol. The van der Waals surface area contributed by atoms with Crippen LogP contribution in [-0.4, -0.2) is 75.4 Å². The van der Waals surface area contributed by atoms with Crippen LogP contribution < -0.4 is 15.2 Å². The average Bonchev–Trinajstić information content (AvgIpc) is 3.37. The highest BCUT2D eigenvalue weighted by Gasteiger charge is 2.36. The number of pyridine rings is 1. The van der Waals surface area contributed by atoms with E-state index in [1.165, 1.54) is 11.2 Å². The van der Waals surface area contributed by atoms with Crippen LogP contribution in [0, 0.1) is 6.92 Å². The number of nitrogens with zero attached hydrogens (tertiary/aromatic N) is 8. The summed E-state index contributed by atoms with van der Waals surface area (Å²) >= 11 is 0. The summed E-state index contributed by atoms with van der Waals surface area (Å²) in [5.74, 6) is 1.08. The van der Waals surface area contributed by atoms with E-state index >= 15 is 0 Å². The van der Waals surface area contributed by atoms with E-state index in [2.05, 4.69) is 25.4 Å². The highest BCUT2D eigenvalue weighted by atomic mass is 16.5. The molecule has 2 aliphatic heterocycles. The van der Waals surface area contributed by atoms with Crippen molar-refractivity contribution in [2.75, 3.05) is 42.4 Å². The lowest BCUT2D eigenvalue weighted by atomic mass is 10.2. The number of hydrazine groups is 1. The van der Waals surface area contributed by atoms with Crippen LogP contribution in [0.5, 0.6) is 0 Å². The van der Waals surface area contributed by atoms with E-state index in [0.717, 1.165) is 49.2 Å². The lowest BCUT2D eigenvalue weighted by Gasteiger charge is -2.39. The number of nitrogens with one attached hydrogen (secondary N) is 1. The van der Waals surface area contributed by atoms with Gasteiger partial charge in [0.05, 0.1) is 30.3 Å². The maximum Gasteiger partial charge on any atom is 0.229 e. The molecule has 31 heavy (non-hydrogen) atoms. The summed E-state index contributed by atoms with van der Waals surface area (Å²) in [4.78, 5) is 26.4. The van der Waals surface area contributed by atoms with Gasteiger partial charge < -0.3 is 15.0 Å². The fourth-order valence-corrected chi connectivity index (χ4v) is 4.15. The molecule has 5 heterocycles. The molecule has 0 radical (unpaired) electrons. The van der Waals surface area contributed by atoms with Gasteiger partial charge in [-0.15, -0.1) is 0 Å². The fourth-order valence-electron chi connectivity index (χ4n) is 4.15. The number of hydrogen-bond acceptors (Lipinski definition) is 9. The standard InChI is InChI=1S/C20H25N9O2/c1-13-6-18-22-11-23-29(18)10-16(13)24-20-21-7-17(26(2)12-30)19(25-20)27(3)28-8-14-4-5-15(9-28)31-14/h6-7,10-12,14-15H,4-5,8-9H2,1-3H3,(H,21,24,25). The first kappa shape index (κ1) is 19.6. The third kappa shape index (κ3) is 3.66. The Morgan fingerprint density at radius 3 is 2.74 bits per heavy atom. The van der Waals surface area contributed by atoms with Gasteiger partial charge in [-0.05, 0) is 31.4 Å². The second kappa shape index (κ2) is 7.75. The number of ether oxygens (including phenoxy) is 1. The summed E-state index contributed by atoms with van der Waals surface area (Å²) in [5, 5.41) is 11.7. The van der Waals surface area contributed by atoms with Crippen molar-refractivity contribution in [3.8, 4) is 0 Å². The molecule has 0 saturated carbocycles. The van der Waals surface area contributed by atoms with Crippen molar-refractivity contribution in [1.29, 1.82) is 0 Å². The minimum absolute atomic E-state index is 0.241. The predicted molar refractivity (Wildman–Crippen MR) is 115 cm³/mol. The molecule has 2 bridgehead atoms. The molecule has 0 aromatic carbocycles. The van der Waals surface area contributed by atoms with Crippen LogP contribution in [0.3, 0.4) is 0 Å². The maximum absolute atomic E-state index is 11.5. The van der Waals surface area contributed by atoms with Gasteiger partial charge in [0.15, 0.2) is 11.5 Å². The lowest BCUT2D eigenvalue weighted by Crippen LogP contribution is -2.51. The van der Waals surface area contributed by atoms with E-state index in [4.69, 9.17) is 9.72 Å². The van der Waals surface area contributed by atoms with Crippen molar-refractivity contribution < 1.29 is 9.53 Å². The average molecular weight is 423 g/mol. The molecule has 2 aliphatic rings. The Bertz CT molecular complexity index is 1110. The first-order chi connectivity index (χ1) is 15.0. The Labute approximate surface area is 179 Å². The fraction of sp³-hybridized carbons (Fsp3) is 0.450. The predicted octanol–water partition coefficient (Wildman–Crippen LogP) is 1.38. The smallest absolute Gasteiger partial charge is 0.229 e. The van der Waals surface area contributed by atoms with Crippen LogP contribution in [0.2, 0.25) is 0 Å². The van der Waals surface area contributed by atoms with Crippen LogP contribution in [0.25, 0.3) is 5.65 Å². The first-order valence-corrected chi connectivity index (χ1v) is 10.3. The van der Waals surface area contributed by atoms with Gasteiger partial charge in [-0.3, -0.25) is 9.80 Å². The van der Waals surface area contributed by atoms with Gasteiger partial charge >= 0.3 is 0 Å². The molecule has 11 nitrogen and oxygen atoms in total. The lowest BCUT2D eigenvalue weighted by molar-refractivity contribution is -0.107. The van der Waals surface area contributed by atoms with Crippen molar-refractivity contribution in [3.05, 3.63) is 30.4 Å². The highest BCUT2D eigenvalue weighted by molar-refractivity contribution is 5.81. The monoisotopic (exact) mass is 423 g/mol. The van der Waals surface area contributed by atoms with Crippen LogP contribution in [0.15, 0.2) is 24.8 Å². The zero-order valence-electron chi connectivity index (χ0n) is 17.8. The Morgan fingerprint density at radius 2 is 2.00 bits per heavy atom. The van der Waals surface area contributed by atoms with E-state index in [-0.39, 0.29) is 12.2 Å². The summed E-state index contributed by atoms with van der Waals surface area (Å²) in [6.45, 7) is 3.58. The van der Waals surface area contributed by atoms with E-state index in [1.807, 2.05) is 31.2 Å². The second-order valence-corrected chi connectivity index (χ2v) is 8.03. The van der Waals surface area contributed by atoms with Gasteiger partial charge in [-0.1, -0.05) is 0 Å². The number of carbonyl (C=O) groups is 1. The largest absolute Gasteiger partial charge is 0.372 e. The van der Waals surface area contributed by atoms with E-state index < -0.39 is 0 Å². The minimum atomic E-state index is 0.241. The summed E-state index contributed by atoms with van der Waals surface area (Å²) in [6, 6.07) is 1.94. The van der Waals surface area contributed by atoms with E-state index in [1.54, 1.807) is 17.8 Å². The number of carbonyl (C=O) groups excluding carboxylic acids is 1. The summed E-state index contributed by atoms with van der Waals surface area (Å²) in [7, 11) is 3.66. The van der Waals surface area contributed by atoms with Gasteiger partial charge in [0.1, 0.15) is 12.0 Å². The molecule has 11 heteroatoms. The molecule has 1 amide bonds. The van der Waals surface area contributed by atoms with Crippen molar-refractivity contribution in [2.24, 2.45) is 0 Å². The molecule has 162 valence electrons. The number of aromatic nitrogens is 5. The molecule has 0 aliphatic carbocycles. The normalized spacial score (nSPS) is 20.7. The highest BCUT2D eigenvalue weighted by Crippen LogP contribution is 2.32. The van der Waals surface area contributed by atoms with Crippen LogP contribution in [0.4, 0.5) is 23.1 Å². The number of aryl methyl sites for hydroxylation is 1. The number of morpholine rings is 1. The Balaban J connectivity index is 1.47. The molecule has 2 fully saturated rings. The molecule has 2 atom stereocenters. The van der Waals surface area contributed by atoms with Gasteiger partial charge in [-0.25, -0.2) is 19.5 Å². The van der Waals surface area contributed by atoms with Crippen LogP contribution >= 0.6 is 0 Å². The number of hydrogen-bond donors (Lipinski definition) is 1. The maximum atomic E-state index is 11.5. The molecule has 0 spiro atoms. The quantitative estimate of drug-likeness (QED) is 0.589. The number of rotatable bonds is 6. The van der Waals surface area contributed by atoms with Crippen molar-refractivity contribution >= 4 is 35.2 Å². The topological polar surface area (TPSA) is 104 Å². The van der Waals surface area contributed by atoms with Gasteiger partial charge in [0.2, 0.25) is 12.4 Å². The number of anilines is 4. The molecule has 2 unspecified atom stereocenters. The summed E-state index contributed by atoms with van der Waals surface area (Å²) in [6.07, 6.45) is 8.43. The molecule has 3 aromatic rings. The number of amides is 1. The third-order valence-electron chi connectivity index (χ3n) is 5.91. The van der Waals surface area contributed by atoms with Crippen molar-refractivity contribution in [2.45, 2.75) is 32.0 Å². The Morgan fingerprint density at radius 1 is 1.23 bits per heavy atom. The van der Waals surface area contributed by atoms with Crippen LogP contribution in [-0.2, 0) is 9.53 Å². The van der Waals surface area contributed by atoms with Gasteiger partial charge in [-0.2, -0.15) is 10.1 Å². The van der Waals surface area contributed by atoms with Crippen molar-refractivity contribution in [1.82, 2.24) is 29.6 Å². The summed E-state index contributed by atoms with van der Waals surface area (Å²) in [5.41, 5.74) is 3.23. The van der Waals surface area contributed by atoms with Gasteiger partial charge in [0.25, 0.3) is 0 Å². The van der Waals surface area contributed by atoms with Gasteiger partial charge in [0, 0.05) is 27.2 Å². The zero-order chi connectivity index (χ0) is 21.5. The van der Waals surface area contributed by atoms with Crippen molar-refractivity contribution in [3.63, 3.8) is 0 Å². The Hall–Kier alpha value is -3.31.